The molecule has 1 rings (SSSR count). The number of nitrogens with zero attached hydrogens (tertiary/aromatic N) is 2. The number of thiazole rings is 1. The third-order valence-electron chi connectivity index (χ3n) is 2.39. The number of nitrogens with one attached hydrogen (secondary N) is 1. The van der Waals surface area contributed by atoms with E-state index in [-0.39, 0.29) is 5.91 Å². The highest BCUT2D eigenvalue weighted by atomic mass is 32.1. The molecule has 0 saturated heterocycles. The molecule has 5 heteroatoms. The Bertz CT molecular complexity index is 335. The molecule has 0 fully saturated rings. The minimum Gasteiger partial charge on any atom is -0.350 e. The van der Waals surface area contributed by atoms with Gasteiger partial charge in [-0.1, -0.05) is 0 Å². The summed E-state index contributed by atoms with van der Waals surface area (Å²) in [6.45, 7) is 4.57. The summed E-state index contributed by atoms with van der Waals surface area (Å²) in [5, 5.41) is 2.90. The molecule has 1 atom stereocenters. The van der Waals surface area contributed by atoms with Crippen LogP contribution in [0.25, 0.3) is 0 Å². The van der Waals surface area contributed by atoms with E-state index in [1.165, 1.54) is 11.3 Å². The van der Waals surface area contributed by atoms with E-state index in [2.05, 4.69) is 22.1 Å². The fourth-order valence-electron chi connectivity index (χ4n) is 1.02. The van der Waals surface area contributed by atoms with Gasteiger partial charge in [-0.3, -0.25) is 4.79 Å². The lowest BCUT2D eigenvalue weighted by Gasteiger charge is -2.19. The van der Waals surface area contributed by atoms with Crippen molar-refractivity contribution in [2.45, 2.75) is 19.9 Å². The Hall–Kier alpha value is -0.940. The van der Waals surface area contributed by atoms with Crippen LogP contribution >= 0.6 is 11.3 Å². The Labute approximate surface area is 94.3 Å². The molecule has 1 N–H and O–H groups in total. The number of carbonyl (C=O) groups is 1. The van der Waals surface area contributed by atoms with Crippen molar-refractivity contribution in [1.82, 2.24) is 15.2 Å². The molecule has 84 valence electrons. The fourth-order valence-corrected chi connectivity index (χ4v) is 1.74. The van der Waals surface area contributed by atoms with Crippen molar-refractivity contribution in [1.29, 1.82) is 0 Å². The fraction of sp³-hybridized carbons (Fsp3) is 0.600. The van der Waals surface area contributed by atoms with Crippen molar-refractivity contribution in [3.63, 3.8) is 0 Å². The van der Waals surface area contributed by atoms with E-state index in [1.54, 1.807) is 5.51 Å². The molecule has 0 aliphatic heterocycles. The monoisotopic (exact) mass is 227 g/mol. The lowest BCUT2D eigenvalue weighted by molar-refractivity contribution is 0.0947. The smallest absolute Gasteiger partial charge is 0.263 e. The van der Waals surface area contributed by atoms with Gasteiger partial charge >= 0.3 is 0 Å². The molecule has 0 radical (unpaired) electrons. The third kappa shape index (κ3) is 3.28. The van der Waals surface area contributed by atoms with E-state index in [1.807, 2.05) is 21.0 Å². The van der Waals surface area contributed by atoms with Gasteiger partial charge < -0.3 is 10.2 Å². The number of hydrogen-bond donors (Lipinski definition) is 1. The van der Waals surface area contributed by atoms with Gasteiger partial charge in [-0.25, -0.2) is 4.98 Å². The first-order chi connectivity index (χ1) is 7.02. The van der Waals surface area contributed by atoms with Crippen LogP contribution in [0.2, 0.25) is 0 Å². The summed E-state index contributed by atoms with van der Waals surface area (Å²) in [5.74, 6) is -0.0244. The molecule has 4 nitrogen and oxygen atoms in total. The van der Waals surface area contributed by atoms with Gasteiger partial charge in [-0.05, 0) is 27.9 Å². The molecule has 1 heterocycles. The molecule has 0 aliphatic rings. The van der Waals surface area contributed by atoms with Crippen LogP contribution in [-0.2, 0) is 0 Å². The van der Waals surface area contributed by atoms with Gasteiger partial charge in [0, 0.05) is 12.6 Å². The Balaban J connectivity index is 2.47. The minimum atomic E-state index is -0.0244. The molecule has 15 heavy (non-hydrogen) atoms. The van der Waals surface area contributed by atoms with E-state index in [0.29, 0.717) is 17.5 Å². The maximum Gasteiger partial charge on any atom is 0.263 e. The Morgan fingerprint density at radius 2 is 2.33 bits per heavy atom. The maximum absolute atomic E-state index is 11.7. The van der Waals surface area contributed by atoms with Crippen LogP contribution in [0.15, 0.2) is 5.51 Å². The summed E-state index contributed by atoms with van der Waals surface area (Å²) in [4.78, 5) is 18.5. The highest BCUT2D eigenvalue weighted by Crippen LogP contribution is 2.11. The van der Waals surface area contributed by atoms with Crippen LogP contribution < -0.4 is 5.32 Å². The van der Waals surface area contributed by atoms with Crippen LogP contribution in [0.4, 0.5) is 0 Å². The number of aryl methyl sites for hydroxylation is 1. The zero-order chi connectivity index (χ0) is 11.4. The Morgan fingerprint density at radius 1 is 1.67 bits per heavy atom. The molecule has 0 spiro atoms. The van der Waals surface area contributed by atoms with E-state index in [4.69, 9.17) is 0 Å². The predicted molar refractivity (Wildman–Crippen MR) is 62.3 cm³/mol. The molecule has 1 aromatic heterocycles. The normalized spacial score (nSPS) is 12.9. The van der Waals surface area contributed by atoms with Crippen LogP contribution in [0.1, 0.15) is 22.3 Å². The zero-order valence-electron chi connectivity index (χ0n) is 9.57. The molecule has 0 aromatic carbocycles. The van der Waals surface area contributed by atoms with Crippen LogP contribution in [0, 0.1) is 6.92 Å². The number of likely N-dealkylation sites (N-methyl/N-ethyl adjacent to an activating group) is 1. The highest BCUT2D eigenvalue weighted by molar-refractivity contribution is 7.11. The number of amides is 1. The quantitative estimate of drug-likeness (QED) is 0.838. The van der Waals surface area contributed by atoms with Crippen LogP contribution in [0.5, 0.6) is 0 Å². The first-order valence-corrected chi connectivity index (χ1v) is 5.75. The average Bonchev–Trinajstić information content (AvgIpc) is 2.60. The van der Waals surface area contributed by atoms with Crippen molar-refractivity contribution in [3.8, 4) is 0 Å². The van der Waals surface area contributed by atoms with Gasteiger partial charge in [0.25, 0.3) is 5.91 Å². The summed E-state index contributed by atoms with van der Waals surface area (Å²) in [6, 6.07) is 0.335. The molecule has 0 aliphatic carbocycles. The first-order valence-electron chi connectivity index (χ1n) is 4.87. The minimum absolute atomic E-state index is 0.0244. The SMILES string of the molecule is Cc1ncsc1C(=O)NC[C@H](C)N(C)C. The second kappa shape index (κ2) is 5.23. The third-order valence-corrected chi connectivity index (χ3v) is 3.32. The number of hydrogen-bond acceptors (Lipinski definition) is 4. The average molecular weight is 227 g/mol. The molecule has 1 aromatic rings. The standard InChI is InChI=1S/C10H17N3OS/c1-7(13(3)4)5-11-10(14)9-8(2)12-6-15-9/h6-7H,5H2,1-4H3,(H,11,14)/t7-/m0/s1. The lowest BCUT2D eigenvalue weighted by Crippen LogP contribution is -2.38. The molecular weight excluding hydrogens is 210 g/mol. The van der Waals surface area contributed by atoms with E-state index in [0.717, 1.165) is 5.69 Å². The summed E-state index contributed by atoms with van der Waals surface area (Å²) < 4.78 is 0. The van der Waals surface area contributed by atoms with Gasteiger partial charge in [-0.2, -0.15) is 0 Å². The van der Waals surface area contributed by atoms with Gasteiger partial charge in [-0.15, -0.1) is 11.3 Å². The zero-order valence-corrected chi connectivity index (χ0v) is 10.4. The predicted octanol–water partition coefficient (Wildman–Crippen LogP) is 1.13. The largest absolute Gasteiger partial charge is 0.350 e. The van der Waals surface area contributed by atoms with Crippen molar-refractivity contribution in [3.05, 3.63) is 16.1 Å². The Morgan fingerprint density at radius 3 is 2.80 bits per heavy atom. The van der Waals surface area contributed by atoms with E-state index in [9.17, 15) is 4.79 Å². The first kappa shape index (κ1) is 12.1. The van der Waals surface area contributed by atoms with Gasteiger partial charge in [0.15, 0.2) is 0 Å². The molecular formula is C10H17N3OS. The van der Waals surface area contributed by atoms with Gasteiger partial charge in [0.2, 0.25) is 0 Å². The topological polar surface area (TPSA) is 45.2 Å². The van der Waals surface area contributed by atoms with Crippen molar-refractivity contribution < 1.29 is 4.79 Å². The van der Waals surface area contributed by atoms with Crippen molar-refractivity contribution in [2.24, 2.45) is 0 Å². The molecule has 0 bridgehead atoms. The second-order valence-electron chi connectivity index (χ2n) is 3.79. The van der Waals surface area contributed by atoms with Crippen LogP contribution in [0.3, 0.4) is 0 Å². The number of aromatic nitrogens is 1. The summed E-state index contributed by atoms with van der Waals surface area (Å²) in [6.07, 6.45) is 0. The van der Waals surface area contributed by atoms with E-state index >= 15 is 0 Å². The van der Waals surface area contributed by atoms with E-state index < -0.39 is 0 Å². The number of carbonyl (C=O) groups excluding carboxylic acids is 1. The Kier molecular flexibility index (Phi) is 4.23. The van der Waals surface area contributed by atoms with Crippen LogP contribution in [-0.4, -0.2) is 42.5 Å². The van der Waals surface area contributed by atoms with Gasteiger partial charge in [0.05, 0.1) is 11.2 Å². The van der Waals surface area contributed by atoms with Crippen molar-refractivity contribution >= 4 is 17.2 Å². The molecule has 0 saturated carbocycles. The molecule has 1 amide bonds. The maximum atomic E-state index is 11.7. The summed E-state index contributed by atoms with van der Waals surface area (Å²) in [7, 11) is 3.99. The second-order valence-corrected chi connectivity index (χ2v) is 4.64. The van der Waals surface area contributed by atoms with Crippen molar-refractivity contribution in [2.75, 3.05) is 20.6 Å². The summed E-state index contributed by atoms with van der Waals surface area (Å²) >= 11 is 1.38. The molecule has 0 unspecified atom stereocenters. The summed E-state index contributed by atoms with van der Waals surface area (Å²) in [5.41, 5.74) is 2.50. The highest BCUT2D eigenvalue weighted by Gasteiger charge is 2.12. The number of rotatable bonds is 4. The van der Waals surface area contributed by atoms with Gasteiger partial charge in [0.1, 0.15) is 4.88 Å². The lowest BCUT2D eigenvalue weighted by atomic mass is 10.3.